The molecule has 1 atom stereocenters. The summed E-state index contributed by atoms with van der Waals surface area (Å²) in [5, 5.41) is 6.72. The summed E-state index contributed by atoms with van der Waals surface area (Å²) in [4.78, 5) is 38.3. The zero-order valence-corrected chi connectivity index (χ0v) is 19.8. The van der Waals surface area contributed by atoms with Crippen molar-refractivity contribution in [2.45, 2.75) is 33.1 Å². The van der Waals surface area contributed by atoms with Crippen LogP contribution in [0.5, 0.6) is 11.5 Å². The number of methoxy groups -OCH3 is 2. The van der Waals surface area contributed by atoms with Gasteiger partial charge in [-0.1, -0.05) is 6.92 Å². The lowest BCUT2D eigenvalue weighted by molar-refractivity contribution is -0.136. The van der Waals surface area contributed by atoms with Crippen LogP contribution in [-0.4, -0.2) is 44.8 Å². The predicted molar refractivity (Wildman–Crippen MR) is 125 cm³/mol. The van der Waals surface area contributed by atoms with Crippen LogP contribution in [0.2, 0.25) is 0 Å². The molecule has 0 unspecified atom stereocenters. The number of hydrogen-bond acceptors (Lipinski definition) is 8. The van der Waals surface area contributed by atoms with Gasteiger partial charge >= 0.3 is 17.8 Å². The van der Waals surface area contributed by atoms with Gasteiger partial charge in [-0.2, -0.15) is 5.10 Å². The number of hydrogen-bond donors (Lipinski definition) is 2. The Labute approximate surface area is 196 Å². The van der Waals surface area contributed by atoms with E-state index in [1.165, 1.54) is 31.8 Å². The number of fused-ring (bicyclic) bond motifs is 1. The molecule has 9 nitrogen and oxygen atoms in total. The molecule has 2 amide bonds. The maximum atomic E-state index is 12.5. The summed E-state index contributed by atoms with van der Waals surface area (Å²) in [5.41, 5.74) is 4.08. The topological polar surface area (TPSA) is 115 Å². The van der Waals surface area contributed by atoms with E-state index >= 15 is 0 Å². The van der Waals surface area contributed by atoms with Crippen molar-refractivity contribution in [1.82, 2.24) is 5.43 Å². The van der Waals surface area contributed by atoms with Crippen molar-refractivity contribution < 1.29 is 28.6 Å². The van der Waals surface area contributed by atoms with Gasteiger partial charge in [0.15, 0.2) is 11.5 Å². The fourth-order valence-corrected chi connectivity index (χ4v) is 4.96. The van der Waals surface area contributed by atoms with Crippen molar-refractivity contribution in [3.05, 3.63) is 39.8 Å². The molecule has 0 radical (unpaired) electrons. The predicted octanol–water partition coefficient (Wildman–Crippen LogP) is 3.16. The van der Waals surface area contributed by atoms with Crippen LogP contribution in [0.15, 0.2) is 23.3 Å². The van der Waals surface area contributed by atoms with Crippen LogP contribution >= 0.6 is 11.3 Å². The lowest BCUT2D eigenvalue weighted by Crippen LogP contribution is -2.32. The Bertz CT molecular complexity index is 1080. The molecule has 176 valence electrons. The highest BCUT2D eigenvalue weighted by atomic mass is 32.1. The molecule has 0 saturated heterocycles. The number of rotatable bonds is 7. The largest absolute Gasteiger partial charge is 0.493 e. The lowest BCUT2D eigenvalue weighted by Gasteiger charge is -2.18. The number of nitrogens with zero attached hydrogens (tertiary/aromatic N) is 1. The second-order valence-corrected chi connectivity index (χ2v) is 8.65. The molecule has 1 aromatic carbocycles. The zero-order chi connectivity index (χ0) is 24.0. The fraction of sp³-hybridized carbons (Fsp3) is 0.391. The Balaban J connectivity index is 1.70. The Kier molecular flexibility index (Phi) is 8.05. The number of ether oxygens (including phenoxy) is 3. The third-order valence-corrected chi connectivity index (χ3v) is 6.38. The first-order valence-electron chi connectivity index (χ1n) is 10.6. The quantitative estimate of drug-likeness (QED) is 0.276. The molecule has 0 saturated carbocycles. The van der Waals surface area contributed by atoms with E-state index in [0.717, 1.165) is 29.7 Å². The van der Waals surface area contributed by atoms with Gasteiger partial charge in [0.2, 0.25) is 0 Å². The average molecular weight is 474 g/mol. The summed E-state index contributed by atoms with van der Waals surface area (Å²) < 4.78 is 15.6. The summed E-state index contributed by atoms with van der Waals surface area (Å²) >= 11 is 1.32. The minimum atomic E-state index is -0.957. The van der Waals surface area contributed by atoms with Crippen LogP contribution < -0.4 is 20.2 Å². The van der Waals surface area contributed by atoms with Crippen LogP contribution in [0.1, 0.15) is 46.6 Å². The van der Waals surface area contributed by atoms with Crippen molar-refractivity contribution in [2.24, 2.45) is 11.0 Å². The number of thiophene rings is 1. The highest BCUT2D eigenvalue weighted by Crippen LogP contribution is 2.40. The lowest BCUT2D eigenvalue weighted by atomic mass is 9.88. The molecule has 1 aliphatic rings. The summed E-state index contributed by atoms with van der Waals surface area (Å²) in [5.74, 6) is -0.815. The van der Waals surface area contributed by atoms with Crippen LogP contribution in [0.4, 0.5) is 5.00 Å². The smallest absolute Gasteiger partial charge is 0.341 e. The zero-order valence-electron chi connectivity index (χ0n) is 19.0. The highest BCUT2D eigenvalue weighted by molar-refractivity contribution is 7.17. The monoisotopic (exact) mass is 473 g/mol. The van der Waals surface area contributed by atoms with Gasteiger partial charge in [-0.3, -0.25) is 9.59 Å². The molecule has 1 heterocycles. The minimum absolute atomic E-state index is 0.221. The summed E-state index contributed by atoms with van der Waals surface area (Å²) in [6.07, 6.45) is 3.89. The number of esters is 1. The summed E-state index contributed by atoms with van der Waals surface area (Å²) in [6, 6.07) is 5.10. The van der Waals surface area contributed by atoms with Crippen molar-refractivity contribution in [3.8, 4) is 11.5 Å². The van der Waals surface area contributed by atoms with E-state index in [4.69, 9.17) is 14.2 Å². The SMILES string of the molecule is CCOC(=O)c1c(NC(=O)C(=O)N/N=C\c2ccc(OC)c(OC)c2)sc2c1CC[C@@H](C)C2. The molecular formula is C23H27N3O6S. The van der Waals surface area contributed by atoms with Gasteiger partial charge in [0.25, 0.3) is 0 Å². The number of carbonyl (C=O) groups excluding carboxylic acids is 3. The molecule has 0 aliphatic heterocycles. The van der Waals surface area contributed by atoms with Crippen LogP contribution in [0.3, 0.4) is 0 Å². The third-order valence-electron chi connectivity index (χ3n) is 5.21. The van der Waals surface area contributed by atoms with Gasteiger partial charge in [-0.15, -0.1) is 11.3 Å². The molecule has 33 heavy (non-hydrogen) atoms. The number of nitrogens with one attached hydrogen (secondary N) is 2. The van der Waals surface area contributed by atoms with Gasteiger partial charge in [-0.25, -0.2) is 10.2 Å². The van der Waals surface area contributed by atoms with E-state index in [9.17, 15) is 14.4 Å². The number of anilines is 1. The van der Waals surface area contributed by atoms with Crippen molar-refractivity contribution in [2.75, 3.05) is 26.1 Å². The van der Waals surface area contributed by atoms with Gasteiger partial charge in [0.1, 0.15) is 5.00 Å². The maximum Gasteiger partial charge on any atom is 0.341 e. The van der Waals surface area contributed by atoms with Crippen LogP contribution in [-0.2, 0) is 27.2 Å². The van der Waals surface area contributed by atoms with Gasteiger partial charge in [0, 0.05) is 4.88 Å². The fourth-order valence-electron chi connectivity index (χ4n) is 3.57. The Morgan fingerprint density at radius 1 is 1.18 bits per heavy atom. The highest BCUT2D eigenvalue weighted by Gasteiger charge is 2.30. The molecule has 1 aromatic heterocycles. The van der Waals surface area contributed by atoms with E-state index in [1.54, 1.807) is 25.1 Å². The first-order chi connectivity index (χ1) is 15.9. The molecular weight excluding hydrogens is 446 g/mol. The van der Waals surface area contributed by atoms with Gasteiger partial charge in [-0.05, 0) is 61.4 Å². The summed E-state index contributed by atoms with van der Waals surface area (Å²) in [7, 11) is 3.04. The van der Waals surface area contributed by atoms with Crippen LogP contribution in [0, 0.1) is 5.92 Å². The second-order valence-electron chi connectivity index (χ2n) is 7.54. The molecule has 2 N–H and O–H groups in total. The van der Waals surface area contributed by atoms with Crippen molar-refractivity contribution in [1.29, 1.82) is 0 Å². The standard InChI is InChI=1S/C23H27N3O6S/c1-5-32-23(29)19-15-8-6-13(2)10-18(15)33-22(19)25-20(27)21(28)26-24-12-14-7-9-16(30-3)17(11-14)31-4/h7,9,11-13H,5-6,8,10H2,1-4H3,(H,25,27)(H,26,28)/b24-12-/t13-/m1/s1. The molecule has 3 rings (SSSR count). The Hall–Kier alpha value is -3.40. The number of amides is 2. The minimum Gasteiger partial charge on any atom is -0.493 e. The maximum absolute atomic E-state index is 12.5. The van der Waals surface area contributed by atoms with E-state index < -0.39 is 17.8 Å². The second kappa shape index (κ2) is 11.0. The van der Waals surface area contributed by atoms with E-state index in [0.29, 0.717) is 33.5 Å². The first-order valence-corrected chi connectivity index (χ1v) is 11.4. The van der Waals surface area contributed by atoms with Crippen molar-refractivity contribution in [3.63, 3.8) is 0 Å². The molecule has 0 spiro atoms. The van der Waals surface area contributed by atoms with Gasteiger partial charge in [0.05, 0.1) is 32.6 Å². The number of hydrazone groups is 1. The Morgan fingerprint density at radius 2 is 1.94 bits per heavy atom. The molecule has 2 aromatic rings. The van der Waals surface area contributed by atoms with E-state index in [2.05, 4.69) is 22.8 Å². The number of carbonyl (C=O) groups is 3. The molecule has 0 fully saturated rings. The number of benzene rings is 1. The molecule has 10 heteroatoms. The molecule has 0 bridgehead atoms. The van der Waals surface area contributed by atoms with Crippen LogP contribution in [0.25, 0.3) is 0 Å². The first kappa shape index (κ1) is 24.2. The van der Waals surface area contributed by atoms with E-state index in [-0.39, 0.29) is 6.61 Å². The van der Waals surface area contributed by atoms with Crippen molar-refractivity contribution >= 4 is 40.3 Å². The van der Waals surface area contributed by atoms with Gasteiger partial charge < -0.3 is 19.5 Å². The normalized spacial score (nSPS) is 15.0. The third kappa shape index (κ3) is 5.70. The Morgan fingerprint density at radius 3 is 2.64 bits per heavy atom. The molecule has 1 aliphatic carbocycles. The average Bonchev–Trinajstić information content (AvgIpc) is 3.15. The summed E-state index contributed by atoms with van der Waals surface area (Å²) in [6.45, 7) is 4.09. The van der Waals surface area contributed by atoms with E-state index in [1.807, 2.05) is 0 Å².